The van der Waals surface area contributed by atoms with E-state index in [-0.39, 0.29) is 5.91 Å². The number of hydrogen-bond acceptors (Lipinski definition) is 5. The SMILES string of the molecule is COCCOc1ccc(NC(=O)NC2Cc3ccccc3N(C)C2=O)cn1. The minimum Gasteiger partial charge on any atom is -0.475 e. The molecule has 0 bridgehead atoms. The highest BCUT2D eigenvalue weighted by atomic mass is 16.5. The van der Waals surface area contributed by atoms with E-state index in [1.807, 2.05) is 24.3 Å². The third-order valence-electron chi connectivity index (χ3n) is 4.24. The van der Waals surface area contributed by atoms with Crippen LogP contribution >= 0.6 is 0 Å². The third-order valence-corrected chi connectivity index (χ3v) is 4.24. The molecule has 1 aromatic carbocycles. The fourth-order valence-electron chi connectivity index (χ4n) is 2.88. The highest BCUT2D eigenvalue weighted by Crippen LogP contribution is 2.26. The number of para-hydroxylation sites is 1. The van der Waals surface area contributed by atoms with E-state index in [1.54, 1.807) is 31.2 Å². The lowest BCUT2D eigenvalue weighted by Gasteiger charge is -2.31. The third kappa shape index (κ3) is 4.53. The molecule has 2 N–H and O–H groups in total. The molecule has 3 rings (SSSR count). The van der Waals surface area contributed by atoms with Gasteiger partial charge in [-0.05, 0) is 17.7 Å². The van der Waals surface area contributed by atoms with Crippen molar-refractivity contribution in [2.75, 3.05) is 37.6 Å². The van der Waals surface area contributed by atoms with Gasteiger partial charge in [-0.25, -0.2) is 9.78 Å². The molecule has 27 heavy (non-hydrogen) atoms. The summed E-state index contributed by atoms with van der Waals surface area (Å²) in [5, 5.41) is 5.41. The van der Waals surface area contributed by atoms with Crippen LogP contribution in [0.1, 0.15) is 5.56 Å². The number of likely N-dealkylation sites (N-methyl/N-ethyl adjacent to an activating group) is 1. The number of nitrogens with zero attached hydrogens (tertiary/aromatic N) is 2. The van der Waals surface area contributed by atoms with Crippen molar-refractivity contribution in [1.82, 2.24) is 10.3 Å². The first-order chi connectivity index (χ1) is 13.1. The monoisotopic (exact) mass is 370 g/mol. The number of rotatable bonds is 6. The molecule has 8 nitrogen and oxygen atoms in total. The van der Waals surface area contributed by atoms with Crippen molar-refractivity contribution in [2.45, 2.75) is 12.5 Å². The minimum atomic E-state index is -0.616. The van der Waals surface area contributed by atoms with Gasteiger partial charge in [0.15, 0.2) is 0 Å². The van der Waals surface area contributed by atoms with Gasteiger partial charge in [0.25, 0.3) is 0 Å². The highest BCUT2D eigenvalue weighted by Gasteiger charge is 2.31. The van der Waals surface area contributed by atoms with Crippen molar-refractivity contribution in [2.24, 2.45) is 0 Å². The van der Waals surface area contributed by atoms with Gasteiger partial charge in [-0.3, -0.25) is 4.79 Å². The van der Waals surface area contributed by atoms with Gasteiger partial charge in [-0.2, -0.15) is 0 Å². The van der Waals surface area contributed by atoms with E-state index >= 15 is 0 Å². The summed E-state index contributed by atoms with van der Waals surface area (Å²) in [5.74, 6) is 0.294. The Morgan fingerprint density at radius 1 is 1.26 bits per heavy atom. The lowest BCUT2D eigenvalue weighted by atomic mass is 9.98. The summed E-state index contributed by atoms with van der Waals surface area (Å²) in [7, 11) is 3.30. The number of anilines is 2. The number of nitrogens with one attached hydrogen (secondary N) is 2. The summed E-state index contributed by atoms with van der Waals surface area (Å²) in [5.41, 5.74) is 2.39. The van der Waals surface area contributed by atoms with Crippen molar-refractivity contribution in [3.05, 3.63) is 48.2 Å². The van der Waals surface area contributed by atoms with Gasteiger partial charge in [0.2, 0.25) is 11.8 Å². The second-order valence-corrected chi connectivity index (χ2v) is 6.11. The smallest absolute Gasteiger partial charge is 0.319 e. The van der Waals surface area contributed by atoms with E-state index in [0.29, 0.717) is 31.2 Å². The van der Waals surface area contributed by atoms with Gasteiger partial charge in [0.1, 0.15) is 12.6 Å². The molecule has 0 saturated heterocycles. The number of amides is 3. The van der Waals surface area contributed by atoms with Gasteiger partial charge in [-0.15, -0.1) is 0 Å². The molecule has 0 fully saturated rings. The Hall–Kier alpha value is -3.13. The fraction of sp³-hybridized carbons (Fsp3) is 0.316. The van der Waals surface area contributed by atoms with Crippen molar-refractivity contribution in [1.29, 1.82) is 0 Å². The Morgan fingerprint density at radius 2 is 2.07 bits per heavy atom. The second kappa shape index (κ2) is 8.50. The number of carbonyl (C=O) groups excluding carboxylic acids is 2. The van der Waals surface area contributed by atoms with Gasteiger partial charge >= 0.3 is 6.03 Å². The van der Waals surface area contributed by atoms with E-state index in [0.717, 1.165) is 11.3 Å². The fourth-order valence-corrected chi connectivity index (χ4v) is 2.88. The molecule has 2 heterocycles. The number of urea groups is 1. The van der Waals surface area contributed by atoms with Crippen LogP contribution in [0.25, 0.3) is 0 Å². The lowest BCUT2D eigenvalue weighted by molar-refractivity contribution is -0.120. The zero-order valence-corrected chi connectivity index (χ0v) is 15.3. The van der Waals surface area contributed by atoms with Crippen LogP contribution in [-0.2, 0) is 16.0 Å². The predicted octanol–water partition coefficient (Wildman–Crippen LogP) is 1.82. The Balaban J connectivity index is 1.57. The highest BCUT2D eigenvalue weighted by molar-refractivity contribution is 6.02. The average Bonchev–Trinajstić information content (AvgIpc) is 2.67. The molecule has 2 aromatic rings. The molecule has 1 aliphatic heterocycles. The molecular formula is C19H22N4O4. The summed E-state index contributed by atoms with van der Waals surface area (Å²) >= 11 is 0. The second-order valence-electron chi connectivity index (χ2n) is 6.11. The van der Waals surface area contributed by atoms with E-state index in [4.69, 9.17) is 9.47 Å². The molecule has 1 atom stereocenters. The summed E-state index contributed by atoms with van der Waals surface area (Å²) in [6.45, 7) is 0.868. The first-order valence-corrected chi connectivity index (χ1v) is 8.59. The zero-order chi connectivity index (χ0) is 19.2. The molecule has 1 aliphatic rings. The topological polar surface area (TPSA) is 92.8 Å². The molecule has 1 unspecified atom stereocenters. The Kier molecular flexibility index (Phi) is 5.87. The van der Waals surface area contributed by atoms with Crippen LogP contribution in [0.5, 0.6) is 5.88 Å². The molecule has 0 saturated carbocycles. The maximum Gasteiger partial charge on any atom is 0.319 e. The summed E-state index contributed by atoms with van der Waals surface area (Å²) in [4.78, 5) is 30.4. The Bertz CT molecular complexity index is 810. The van der Waals surface area contributed by atoms with E-state index < -0.39 is 12.1 Å². The number of fused-ring (bicyclic) bond motifs is 1. The van der Waals surface area contributed by atoms with Crippen LogP contribution in [0.3, 0.4) is 0 Å². The largest absolute Gasteiger partial charge is 0.475 e. The van der Waals surface area contributed by atoms with E-state index in [9.17, 15) is 9.59 Å². The first kappa shape index (κ1) is 18.7. The van der Waals surface area contributed by atoms with Crippen molar-refractivity contribution < 1.29 is 19.1 Å². The number of benzene rings is 1. The molecule has 8 heteroatoms. The normalized spacial score (nSPS) is 15.9. The summed E-state index contributed by atoms with van der Waals surface area (Å²) in [6.07, 6.45) is 1.95. The number of carbonyl (C=O) groups is 2. The first-order valence-electron chi connectivity index (χ1n) is 8.59. The molecule has 0 radical (unpaired) electrons. The molecule has 0 aliphatic carbocycles. The summed E-state index contributed by atoms with van der Waals surface area (Å²) < 4.78 is 10.3. The molecule has 0 spiro atoms. The quantitative estimate of drug-likeness (QED) is 0.757. The molecule has 3 amide bonds. The van der Waals surface area contributed by atoms with Crippen molar-refractivity contribution in [3.63, 3.8) is 0 Å². The summed E-state index contributed by atoms with van der Waals surface area (Å²) in [6, 6.07) is 9.91. The van der Waals surface area contributed by atoms with Crippen LogP contribution in [0.15, 0.2) is 42.6 Å². The zero-order valence-electron chi connectivity index (χ0n) is 15.3. The van der Waals surface area contributed by atoms with Crippen LogP contribution in [0.2, 0.25) is 0 Å². The number of methoxy groups -OCH3 is 1. The van der Waals surface area contributed by atoms with Crippen LogP contribution in [0.4, 0.5) is 16.2 Å². The lowest BCUT2D eigenvalue weighted by Crippen LogP contribution is -2.52. The van der Waals surface area contributed by atoms with E-state index in [1.165, 1.54) is 6.20 Å². The van der Waals surface area contributed by atoms with E-state index in [2.05, 4.69) is 15.6 Å². The number of aromatic nitrogens is 1. The Morgan fingerprint density at radius 3 is 2.81 bits per heavy atom. The average molecular weight is 370 g/mol. The molecule has 1 aromatic heterocycles. The maximum atomic E-state index is 12.5. The maximum absolute atomic E-state index is 12.5. The van der Waals surface area contributed by atoms with Gasteiger partial charge in [0, 0.05) is 32.3 Å². The predicted molar refractivity (Wildman–Crippen MR) is 101 cm³/mol. The van der Waals surface area contributed by atoms with Gasteiger partial charge in [-0.1, -0.05) is 18.2 Å². The minimum absolute atomic E-state index is 0.149. The van der Waals surface area contributed by atoms with Crippen molar-refractivity contribution >= 4 is 23.3 Å². The van der Waals surface area contributed by atoms with Gasteiger partial charge < -0.3 is 25.0 Å². The van der Waals surface area contributed by atoms with Crippen LogP contribution in [0, 0.1) is 0 Å². The number of hydrogen-bond donors (Lipinski definition) is 2. The Labute approximate surface area is 157 Å². The van der Waals surface area contributed by atoms with Crippen molar-refractivity contribution in [3.8, 4) is 5.88 Å². The van der Waals surface area contributed by atoms with Gasteiger partial charge in [0.05, 0.1) is 18.5 Å². The number of ether oxygens (including phenoxy) is 2. The molecular weight excluding hydrogens is 348 g/mol. The van der Waals surface area contributed by atoms with Crippen LogP contribution in [-0.4, -0.2) is 50.3 Å². The number of pyridine rings is 1. The standard InChI is InChI=1S/C19H22N4O4/c1-23-16-6-4-3-5-13(16)11-15(18(23)24)22-19(25)21-14-7-8-17(20-12-14)27-10-9-26-2/h3-8,12,15H,9-11H2,1-2H3,(H2,21,22,25). The molecule has 142 valence electrons. The van der Waals surface area contributed by atoms with Crippen LogP contribution < -0.4 is 20.3 Å².